The van der Waals surface area contributed by atoms with E-state index in [2.05, 4.69) is 30.5 Å². The van der Waals surface area contributed by atoms with Gasteiger partial charge in [0.2, 0.25) is 5.88 Å². The second kappa shape index (κ2) is 8.72. The molecule has 3 aromatic heterocycles. The van der Waals surface area contributed by atoms with Crippen molar-refractivity contribution >= 4 is 11.8 Å². The Morgan fingerprint density at radius 3 is 2.62 bits per heavy atom. The summed E-state index contributed by atoms with van der Waals surface area (Å²) in [6, 6.07) is 5.46. The van der Waals surface area contributed by atoms with Gasteiger partial charge in [-0.3, -0.25) is 0 Å². The van der Waals surface area contributed by atoms with Crippen LogP contribution in [0.5, 0.6) is 5.88 Å². The first-order chi connectivity index (χ1) is 13.7. The van der Waals surface area contributed by atoms with E-state index >= 15 is 0 Å². The SMILES string of the molecule is Cc1cccc(-n2nnnc2COc2nc(SCCC(F)(F)F)nc(C)c2C)n1. The normalized spacial score (nSPS) is 11.7. The molecule has 0 spiro atoms. The van der Waals surface area contributed by atoms with E-state index in [1.807, 2.05) is 19.1 Å². The van der Waals surface area contributed by atoms with E-state index in [-0.39, 0.29) is 23.4 Å². The van der Waals surface area contributed by atoms with Crippen molar-refractivity contribution in [2.24, 2.45) is 0 Å². The highest BCUT2D eigenvalue weighted by atomic mass is 32.2. The molecule has 8 nitrogen and oxygen atoms in total. The molecule has 154 valence electrons. The van der Waals surface area contributed by atoms with Crippen LogP contribution >= 0.6 is 11.8 Å². The molecule has 3 heterocycles. The van der Waals surface area contributed by atoms with Crippen LogP contribution in [-0.4, -0.2) is 47.1 Å². The van der Waals surface area contributed by atoms with Crippen LogP contribution in [-0.2, 0) is 6.61 Å². The molecule has 0 saturated carbocycles. The maximum absolute atomic E-state index is 12.4. The van der Waals surface area contributed by atoms with Gasteiger partial charge in [0.1, 0.15) is 0 Å². The number of pyridine rings is 1. The minimum absolute atomic E-state index is 0.00652. The van der Waals surface area contributed by atoms with E-state index in [1.165, 1.54) is 4.68 Å². The Morgan fingerprint density at radius 2 is 1.90 bits per heavy atom. The Bertz CT molecular complexity index is 993. The van der Waals surface area contributed by atoms with Gasteiger partial charge in [0.25, 0.3) is 0 Å². The molecule has 0 N–H and O–H groups in total. The lowest BCUT2D eigenvalue weighted by atomic mass is 10.3. The molecule has 3 rings (SSSR count). The summed E-state index contributed by atoms with van der Waals surface area (Å²) in [4.78, 5) is 12.8. The number of hydrogen-bond donors (Lipinski definition) is 0. The van der Waals surface area contributed by atoms with Crippen LogP contribution in [0.4, 0.5) is 13.2 Å². The fourth-order valence-electron chi connectivity index (χ4n) is 2.29. The van der Waals surface area contributed by atoms with Crippen LogP contribution in [0.15, 0.2) is 23.4 Å². The number of aromatic nitrogens is 7. The first-order valence-corrected chi connectivity index (χ1v) is 9.60. The molecular formula is C17H18F3N7OS. The molecule has 0 aliphatic rings. The van der Waals surface area contributed by atoms with Crippen molar-refractivity contribution in [1.29, 1.82) is 0 Å². The summed E-state index contributed by atoms with van der Waals surface area (Å²) in [7, 11) is 0. The van der Waals surface area contributed by atoms with Crippen LogP contribution in [0.25, 0.3) is 5.82 Å². The molecule has 0 aliphatic carbocycles. The lowest BCUT2D eigenvalue weighted by molar-refractivity contribution is -0.129. The number of aryl methyl sites for hydroxylation is 2. The summed E-state index contributed by atoms with van der Waals surface area (Å²) >= 11 is 0.932. The third-order valence-corrected chi connectivity index (χ3v) is 4.75. The van der Waals surface area contributed by atoms with Gasteiger partial charge in [-0.2, -0.15) is 22.8 Å². The van der Waals surface area contributed by atoms with E-state index in [0.717, 1.165) is 17.5 Å². The molecule has 12 heteroatoms. The average molecular weight is 425 g/mol. The molecule has 0 aromatic carbocycles. The first-order valence-electron chi connectivity index (χ1n) is 8.62. The number of hydrogen-bond acceptors (Lipinski definition) is 8. The molecule has 0 radical (unpaired) electrons. The van der Waals surface area contributed by atoms with Crippen LogP contribution in [0.2, 0.25) is 0 Å². The number of alkyl halides is 3. The van der Waals surface area contributed by atoms with Crippen molar-refractivity contribution in [2.45, 2.75) is 45.1 Å². The highest BCUT2D eigenvalue weighted by Crippen LogP contribution is 2.27. The largest absolute Gasteiger partial charge is 0.469 e. The fraction of sp³-hybridized carbons (Fsp3) is 0.412. The number of halogens is 3. The van der Waals surface area contributed by atoms with E-state index in [9.17, 15) is 13.2 Å². The fourth-order valence-corrected chi connectivity index (χ4v) is 3.16. The van der Waals surface area contributed by atoms with Gasteiger partial charge in [-0.1, -0.05) is 17.8 Å². The maximum atomic E-state index is 12.4. The molecule has 0 unspecified atom stereocenters. The number of ether oxygens (including phenoxy) is 1. The summed E-state index contributed by atoms with van der Waals surface area (Å²) in [5.74, 6) is 1.07. The van der Waals surface area contributed by atoms with E-state index in [0.29, 0.717) is 22.9 Å². The average Bonchev–Trinajstić information content (AvgIpc) is 3.11. The maximum Gasteiger partial charge on any atom is 0.389 e. The van der Waals surface area contributed by atoms with Crippen LogP contribution < -0.4 is 4.74 Å². The molecule has 0 aliphatic heterocycles. The molecule has 0 atom stereocenters. The van der Waals surface area contributed by atoms with Crippen molar-refractivity contribution in [1.82, 2.24) is 35.2 Å². The zero-order valence-corrected chi connectivity index (χ0v) is 16.8. The standard InChI is InChI=1S/C17H18F3N7OS/c1-10-5-4-6-13(21-10)27-14(24-25-26-27)9-28-15-11(2)12(3)22-16(23-15)29-8-7-17(18,19)20/h4-6H,7-9H2,1-3H3. The second-order valence-corrected chi connectivity index (χ2v) is 7.23. The molecule has 3 aromatic rings. The topological polar surface area (TPSA) is 91.5 Å². The highest BCUT2D eigenvalue weighted by Gasteiger charge is 2.26. The molecule has 0 amide bonds. The number of nitrogens with zero attached hydrogens (tertiary/aromatic N) is 7. The predicted octanol–water partition coefficient (Wildman–Crippen LogP) is 3.40. The third kappa shape index (κ3) is 5.62. The highest BCUT2D eigenvalue weighted by molar-refractivity contribution is 7.99. The molecule has 29 heavy (non-hydrogen) atoms. The summed E-state index contributed by atoms with van der Waals surface area (Å²) in [5.41, 5.74) is 2.13. The van der Waals surface area contributed by atoms with Crippen LogP contribution in [0.3, 0.4) is 0 Å². The van der Waals surface area contributed by atoms with Crippen molar-refractivity contribution < 1.29 is 17.9 Å². The lowest BCUT2D eigenvalue weighted by Gasteiger charge is -2.11. The Morgan fingerprint density at radius 1 is 1.10 bits per heavy atom. The minimum Gasteiger partial charge on any atom is -0.469 e. The summed E-state index contributed by atoms with van der Waals surface area (Å²) in [6.07, 6.45) is -5.13. The van der Waals surface area contributed by atoms with Gasteiger partial charge in [-0.25, -0.2) is 9.97 Å². The van der Waals surface area contributed by atoms with Crippen molar-refractivity contribution in [3.05, 3.63) is 41.0 Å². The monoisotopic (exact) mass is 425 g/mol. The first kappa shape index (κ1) is 21.0. The van der Waals surface area contributed by atoms with Gasteiger partial charge in [-0.05, 0) is 43.3 Å². The van der Waals surface area contributed by atoms with E-state index < -0.39 is 12.6 Å². The Labute approximate surface area is 168 Å². The number of tetrazole rings is 1. The Hall–Kier alpha value is -2.76. The second-order valence-electron chi connectivity index (χ2n) is 6.17. The Balaban J connectivity index is 1.73. The predicted molar refractivity (Wildman–Crippen MR) is 98.9 cm³/mol. The van der Waals surface area contributed by atoms with E-state index in [4.69, 9.17) is 4.74 Å². The van der Waals surface area contributed by atoms with Gasteiger partial charge in [0.05, 0.1) is 6.42 Å². The summed E-state index contributed by atoms with van der Waals surface area (Å²) in [5, 5.41) is 11.8. The van der Waals surface area contributed by atoms with Crippen molar-refractivity contribution in [2.75, 3.05) is 5.75 Å². The summed E-state index contributed by atoms with van der Waals surface area (Å²) in [6.45, 7) is 5.39. The van der Waals surface area contributed by atoms with Crippen molar-refractivity contribution in [3.63, 3.8) is 0 Å². The van der Waals surface area contributed by atoms with E-state index in [1.54, 1.807) is 19.9 Å². The van der Waals surface area contributed by atoms with Gasteiger partial charge >= 0.3 is 6.18 Å². The molecule has 0 fully saturated rings. The molecule has 0 bridgehead atoms. The quantitative estimate of drug-likeness (QED) is 0.420. The Kier molecular flexibility index (Phi) is 6.30. The zero-order chi connectivity index (χ0) is 21.0. The van der Waals surface area contributed by atoms with Crippen LogP contribution in [0, 0.1) is 20.8 Å². The summed E-state index contributed by atoms with van der Waals surface area (Å²) < 4.78 is 44.3. The number of thioether (sulfide) groups is 1. The zero-order valence-electron chi connectivity index (χ0n) is 15.9. The van der Waals surface area contributed by atoms with Gasteiger partial charge in [0, 0.05) is 22.7 Å². The van der Waals surface area contributed by atoms with Gasteiger partial charge in [0.15, 0.2) is 23.4 Å². The molecular weight excluding hydrogens is 407 g/mol. The number of rotatable bonds is 7. The molecule has 0 saturated heterocycles. The minimum atomic E-state index is -4.22. The van der Waals surface area contributed by atoms with Crippen molar-refractivity contribution in [3.8, 4) is 11.7 Å². The lowest BCUT2D eigenvalue weighted by Crippen LogP contribution is -2.11. The van der Waals surface area contributed by atoms with Gasteiger partial charge in [-0.15, -0.1) is 5.10 Å². The van der Waals surface area contributed by atoms with Gasteiger partial charge < -0.3 is 4.74 Å². The van der Waals surface area contributed by atoms with Crippen LogP contribution in [0.1, 0.15) is 29.2 Å². The smallest absolute Gasteiger partial charge is 0.389 e. The third-order valence-electron chi connectivity index (χ3n) is 3.90.